The molecule has 0 radical (unpaired) electrons. The van der Waals surface area contributed by atoms with Gasteiger partial charge in [0.15, 0.2) is 0 Å². The van der Waals surface area contributed by atoms with Gasteiger partial charge < -0.3 is 5.73 Å². The topological polar surface area (TPSA) is 51.8 Å². The van der Waals surface area contributed by atoms with Gasteiger partial charge in [0.25, 0.3) is 0 Å². The number of aromatic nitrogens is 2. The highest BCUT2D eigenvalue weighted by molar-refractivity contribution is 9.10. The second kappa shape index (κ2) is 3.42. The molecular weight excluding hydrogens is 266 g/mol. The van der Waals surface area contributed by atoms with Crippen LogP contribution in [0.1, 0.15) is 0 Å². The fourth-order valence-electron chi connectivity index (χ4n) is 1.76. The highest BCUT2D eigenvalue weighted by Crippen LogP contribution is 2.27. The zero-order chi connectivity index (χ0) is 11.1. The van der Waals surface area contributed by atoms with E-state index in [0.717, 1.165) is 26.3 Å². The zero-order valence-electron chi connectivity index (χ0n) is 8.31. The standard InChI is InChI=1S/C12H8BrN3/c13-9-6-8-4-3-7-2-1-5-15-10(7)11(8)16-12(9)14/h1-6H,(H2,14,16). The van der Waals surface area contributed by atoms with Crippen LogP contribution in [0.15, 0.2) is 41.0 Å². The SMILES string of the molecule is Nc1nc2c(ccc3cccnc32)cc1Br. The molecule has 0 bridgehead atoms. The molecule has 1 aromatic carbocycles. The normalized spacial score (nSPS) is 11.1. The maximum absolute atomic E-state index is 5.79. The van der Waals surface area contributed by atoms with Gasteiger partial charge in [0.05, 0.1) is 15.5 Å². The van der Waals surface area contributed by atoms with E-state index in [4.69, 9.17) is 5.73 Å². The van der Waals surface area contributed by atoms with Crippen molar-refractivity contribution < 1.29 is 0 Å². The number of halogens is 1. The third-order valence-corrected chi connectivity index (χ3v) is 3.17. The Labute approximate surface area is 100 Å². The summed E-state index contributed by atoms with van der Waals surface area (Å²) in [7, 11) is 0. The summed E-state index contributed by atoms with van der Waals surface area (Å²) in [5.74, 6) is 0.491. The van der Waals surface area contributed by atoms with Gasteiger partial charge in [0, 0.05) is 17.0 Å². The fraction of sp³-hybridized carbons (Fsp3) is 0. The minimum atomic E-state index is 0.491. The molecular formula is C12H8BrN3. The average Bonchev–Trinajstić information content (AvgIpc) is 2.31. The first-order valence-electron chi connectivity index (χ1n) is 4.85. The number of anilines is 1. The minimum absolute atomic E-state index is 0.491. The molecule has 3 aromatic rings. The molecule has 0 aliphatic heterocycles. The van der Waals surface area contributed by atoms with E-state index in [1.54, 1.807) is 6.20 Å². The summed E-state index contributed by atoms with van der Waals surface area (Å²) < 4.78 is 0.815. The second-order valence-electron chi connectivity index (χ2n) is 3.57. The van der Waals surface area contributed by atoms with Crippen molar-refractivity contribution >= 4 is 43.6 Å². The number of benzene rings is 1. The Balaban J connectivity index is 2.55. The van der Waals surface area contributed by atoms with Crippen LogP contribution in [-0.2, 0) is 0 Å². The summed E-state index contributed by atoms with van der Waals surface area (Å²) in [6.07, 6.45) is 1.77. The first-order chi connectivity index (χ1) is 7.75. The summed E-state index contributed by atoms with van der Waals surface area (Å²) in [4.78, 5) is 8.72. The Morgan fingerprint density at radius 1 is 1.06 bits per heavy atom. The lowest BCUT2D eigenvalue weighted by molar-refractivity contribution is 1.37. The lowest BCUT2D eigenvalue weighted by Crippen LogP contribution is -1.93. The summed E-state index contributed by atoms with van der Waals surface area (Å²) in [6, 6.07) is 9.95. The maximum Gasteiger partial charge on any atom is 0.138 e. The van der Waals surface area contributed by atoms with Crippen molar-refractivity contribution in [3.63, 3.8) is 0 Å². The quantitative estimate of drug-likeness (QED) is 0.641. The molecule has 0 unspecified atom stereocenters. The Kier molecular flexibility index (Phi) is 2.04. The predicted molar refractivity (Wildman–Crippen MR) is 69.2 cm³/mol. The molecule has 4 heteroatoms. The first-order valence-corrected chi connectivity index (χ1v) is 5.64. The Bertz CT molecular complexity index is 694. The number of nitrogens with zero attached hydrogens (tertiary/aromatic N) is 2. The molecule has 0 atom stereocenters. The molecule has 3 nitrogen and oxygen atoms in total. The molecule has 2 aromatic heterocycles. The lowest BCUT2D eigenvalue weighted by Gasteiger charge is -2.04. The van der Waals surface area contributed by atoms with Crippen LogP contribution in [0.3, 0.4) is 0 Å². The minimum Gasteiger partial charge on any atom is -0.383 e. The fourth-order valence-corrected chi connectivity index (χ4v) is 2.10. The van der Waals surface area contributed by atoms with Crippen molar-refractivity contribution in [3.8, 4) is 0 Å². The molecule has 0 aliphatic rings. The lowest BCUT2D eigenvalue weighted by atomic mass is 10.1. The number of hydrogen-bond donors (Lipinski definition) is 1. The number of rotatable bonds is 0. The number of nitrogen functional groups attached to an aromatic ring is 1. The Hall–Kier alpha value is -1.68. The van der Waals surface area contributed by atoms with Crippen LogP contribution in [0.4, 0.5) is 5.82 Å². The number of hydrogen-bond acceptors (Lipinski definition) is 3. The molecule has 16 heavy (non-hydrogen) atoms. The van der Waals surface area contributed by atoms with Crippen LogP contribution in [-0.4, -0.2) is 9.97 Å². The van der Waals surface area contributed by atoms with Crippen molar-refractivity contribution in [3.05, 3.63) is 41.0 Å². The number of pyridine rings is 2. The molecule has 2 heterocycles. The van der Waals surface area contributed by atoms with Gasteiger partial charge in [0.1, 0.15) is 5.82 Å². The van der Waals surface area contributed by atoms with Gasteiger partial charge in [-0.1, -0.05) is 18.2 Å². The Morgan fingerprint density at radius 2 is 1.88 bits per heavy atom. The van der Waals surface area contributed by atoms with E-state index in [0.29, 0.717) is 5.82 Å². The van der Waals surface area contributed by atoms with Crippen molar-refractivity contribution in [1.82, 2.24) is 9.97 Å². The van der Waals surface area contributed by atoms with Crippen molar-refractivity contribution in [2.45, 2.75) is 0 Å². The van der Waals surface area contributed by atoms with Crippen molar-refractivity contribution in [2.75, 3.05) is 5.73 Å². The van der Waals surface area contributed by atoms with Crippen LogP contribution < -0.4 is 5.73 Å². The van der Waals surface area contributed by atoms with Crippen LogP contribution in [0.2, 0.25) is 0 Å². The maximum atomic E-state index is 5.79. The predicted octanol–water partition coefficient (Wildman–Crippen LogP) is 3.13. The van der Waals surface area contributed by atoms with Crippen LogP contribution in [0, 0.1) is 0 Å². The molecule has 0 saturated carbocycles. The van der Waals surface area contributed by atoms with Gasteiger partial charge in [-0.05, 0) is 28.1 Å². The summed E-state index contributed by atoms with van der Waals surface area (Å²) in [5, 5.41) is 2.11. The van der Waals surface area contributed by atoms with Crippen molar-refractivity contribution in [1.29, 1.82) is 0 Å². The second-order valence-corrected chi connectivity index (χ2v) is 4.42. The molecule has 78 valence electrons. The third kappa shape index (κ3) is 1.34. The van der Waals surface area contributed by atoms with E-state index in [2.05, 4.69) is 25.9 Å². The number of nitrogens with two attached hydrogens (primary N) is 1. The van der Waals surface area contributed by atoms with E-state index < -0.39 is 0 Å². The monoisotopic (exact) mass is 273 g/mol. The van der Waals surface area contributed by atoms with Crippen LogP contribution in [0.25, 0.3) is 21.8 Å². The van der Waals surface area contributed by atoms with Crippen LogP contribution in [0.5, 0.6) is 0 Å². The van der Waals surface area contributed by atoms with Crippen molar-refractivity contribution in [2.24, 2.45) is 0 Å². The van der Waals surface area contributed by atoms with Gasteiger partial charge >= 0.3 is 0 Å². The summed E-state index contributed by atoms with van der Waals surface area (Å²) in [6.45, 7) is 0. The molecule has 0 amide bonds. The highest BCUT2D eigenvalue weighted by atomic mass is 79.9. The number of fused-ring (bicyclic) bond motifs is 3. The molecule has 0 saturated heterocycles. The van der Waals surface area contributed by atoms with Gasteiger partial charge in [-0.3, -0.25) is 4.98 Å². The van der Waals surface area contributed by atoms with Gasteiger partial charge in [-0.2, -0.15) is 0 Å². The molecule has 2 N–H and O–H groups in total. The van der Waals surface area contributed by atoms with E-state index >= 15 is 0 Å². The third-order valence-electron chi connectivity index (χ3n) is 2.54. The van der Waals surface area contributed by atoms with Gasteiger partial charge in [-0.25, -0.2) is 4.98 Å². The smallest absolute Gasteiger partial charge is 0.138 e. The zero-order valence-corrected chi connectivity index (χ0v) is 9.90. The first kappa shape index (κ1) is 9.54. The van der Waals surface area contributed by atoms with Gasteiger partial charge in [0.2, 0.25) is 0 Å². The molecule has 0 fully saturated rings. The van der Waals surface area contributed by atoms with Crippen LogP contribution >= 0.6 is 15.9 Å². The van der Waals surface area contributed by atoms with E-state index in [-0.39, 0.29) is 0 Å². The van der Waals surface area contributed by atoms with E-state index in [1.165, 1.54) is 0 Å². The molecule has 3 rings (SSSR count). The Morgan fingerprint density at radius 3 is 2.75 bits per heavy atom. The highest BCUT2D eigenvalue weighted by Gasteiger charge is 2.05. The van der Waals surface area contributed by atoms with E-state index in [9.17, 15) is 0 Å². The molecule has 0 aliphatic carbocycles. The summed E-state index contributed by atoms with van der Waals surface area (Å²) in [5.41, 5.74) is 7.53. The largest absolute Gasteiger partial charge is 0.383 e. The average molecular weight is 274 g/mol. The molecule has 0 spiro atoms. The summed E-state index contributed by atoms with van der Waals surface area (Å²) >= 11 is 3.37. The van der Waals surface area contributed by atoms with Gasteiger partial charge in [-0.15, -0.1) is 0 Å². The van der Waals surface area contributed by atoms with E-state index in [1.807, 2.05) is 30.3 Å².